The summed E-state index contributed by atoms with van der Waals surface area (Å²) in [7, 11) is 0. The Morgan fingerprint density at radius 1 is 1.47 bits per heavy atom. The SMILES string of the molecule is CCCC(N)C(=O)NCC(C)c1c(C)noc1C.Cl. The Morgan fingerprint density at radius 3 is 2.58 bits per heavy atom. The zero-order valence-electron chi connectivity index (χ0n) is 12.0. The molecule has 0 saturated heterocycles. The fraction of sp³-hybridized carbons (Fsp3) is 0.692. The van der Waals surface area contributed by atoms with Crippen molar-refractivity contribution < 1.29 is 9.32 Å². The first kappa shape index (κ1) is 17.9. The van der Waals surface area contributed by atoms with Gasteiger partial charge in [-0.15, -0.1) is 12.4 Å². The third-order valence-electron chi connectivity index (χ3n) is 3.10. The molecule has 3 N–H and O–H groups in total. The molecule has 5 nitrogen and oxygen atoms in total. The predicted octanol–water partition coefficient (Wildman–Crippen LogP) is 2.06. The molecule has 0 fully saturated rings. The minimum Gasteiger partial charge on any atom is -0.361 e. The largest absolute Gasteiger partial charge is 0.361 e. The first-order valence-electron chi connectivity index (χ1n) is 6.43. The van der Waals surface area contributed by atoms with Gasteiger partial charge in [-0.25, -0.2) is 0 Å². The van der Waals surface area contributed by atoms with Gasteiger partial charge in [0.15, 0.2) is 0 Å². The standard InChI is InChI=1S/C13H23N3O2.ClH/c1-5-6-11(14)13(17)15-7-8(2)12-9(3)16-18-10(12)4;/h8,11H,5-7,14H2,1-4H3,(H,15,17);1H. The quantitative estimate of drug-likeness (QED) is 0.840. The van der Waals surface area contributed by atoms with E-state index < -0.39 is 6.04 Å². The summed E-state index contributed by atoms with van der Waals surface area (Å²) in [4.78, 5) is 11.7. The number of amides is 1. The van der Waals surface area contributed by atoms with Crippen LogP contribution in [0.5, 0.6) is 0 Å². The lowest BCUT2D eigenvalue weighted by atomic mass is 9.99. The van der Waals surface area contributed by atoms with E-state index in [4.69, 9.17) is 10.3 Å². The molecule has 1 rings (SSSR count). The van der Waals surface area contributed by atoms with E-state index in [9.17, 15) is 4.79 Å². The van der Waals surface area contributed by atoms with Gasteiger partial charge in [0.2, 0.25) is 5.91 Å². The van der Waals surface area contributed by atoms with Crippen LogP contribution in [0.15, 0.2) is 4.52 Å². The molecule has 2 atom stereocenters. The molecule has 1 heterocycles. The van der Waals surface area contributed by atoms with Gasteiger partial charge in [0.05, 0.1) is 11.7 Å². The van der Waals surface area contributed by atoms with Crippen LogP contribution in [0.1, 0.15) is 49.6 Å². The second-order valence-corrected chi connectivity index (χ2v) is 4.78. The number of hydrogen-bond acceptors (Lipinski definition) is 4. The van der Waals surface area contributed by atoms with E-state index in [1.165, 1.54) is 0 Å². The number of nitrogens with two attached hydrogens (primary N) is 1. The van der Waals surface area contributed by atoms with Crippen LogP contribution in [0.3, 0.4) is 0 Å². The Morgan fingerprint density at radius 2 is 2.11 bits per heavy atom. The maximum absolute atomic E-state index is 11.7. The Balaban J connectivity index is 0.00000324. The molecular formula is C13H24ClN3O2. The van der Waals surface area contributed by atoms with E-state index in [2.05, 4.69) is 10.5 Å². The molecule has 1 aromatic heterocycles. The minimum atomic E-state index is -0.410. The van der Waals surface area contributed by atoms with Crippen molar-refractivity contribution >= 4 is 18.3 Å². The molecule has 0 radical (unpaired) electrons. The van der Waals surface area contributed by atoms with Gasteiger partial charge >= 0.3 is 0 Å². The Kier molecular flexibility index (Phi) is 7.71. The van der Waals surface area contributed by atoms with E-state index in [0.29, 0.717) is 13.0 Å². The summed E-state index contributed by atoms with van der Waals surface area (Å²) in [6.45, 7) is 8.40. The van der Waals surface area contributed by atoms with Crippen LogP contribution in [-0.2, 0) is 4.79 Å². The average molecular weight is 290 g/mol. The van der Waals surface area contributed by atoms with Crippen molar-refractivity contribution in [1.82, 2.24) is 10.5 Å². The number of aryl methyl sites for hydroxylation is 2. The van der Waals surface area contributed by atoms with Crippen LogP contribution in [0.4, 0.5) is 0 Å². The first-order valence-corrected chi connectivity index (χ1v) is 6.43. The number of nitrogens with one attached hydrogen (secondary N) is 1. The fourth-order valence-electron chi connectivity index (χ4n) is 2.12. The third-order valence-corrected chi connectivity index (χ3v) is 3.10. The van der Waals surface area contributed by atoms with E-state index in [0.717, 1.165) is 23.4 Å². The van der Waals surface area contributed by atoms with Crippen LogP contribution in [-0.4, -0.2) is 23.7 Å². The molecule has 0 bridgehead atoms. The third kappa shape index (κ3) is 4.84. The highest BCUT2D eigenvalue weighted by molar-refractivity contribution is 5.85. The van der Waals surface area contributed by atoms with Crippen molar-refractivity contribution in [3.8, 4) is 0 Å². The Hall–Kier alpha value is -1.07. The minimum absolute atomic E-state index is 0. The maximum atomic E-state index is 11.7. The van der Waals surface area contributed by atoms with Crippen molar-refractivity contribution in [3.05, 3.63) is 17.0 Å². The maximum Gasteiger partial charge on any atom is 0.236 e. The number of halogens is 1. The van der Waals surface area contributed by atoms with E-state index in [-0.39, 0.29) is 24.2 Å². The Bertz CT molecular complexity index is 387. The van der Waals surface area contributed by atoms with Crippen LogP contribution in [0.2, 0.25) is 0 Å². The van der Waals surface area contributed by atoms with Crippen molar-refractivity contribution in [2.75, 3.05) is 6.54 Å². The number of nitrogens with zero attached hydrogens (tertiary/aromatic N) is 1. The summed E-state index contributed by atoms with van der Waals surface area (Å²) in [6.07, 6.45) is 1.62. The van der Waals surface area contributed by atoms with Crippen LogP contribution in [0, 0.1) is 13.8 Å². The lowest BCUT2D eigenvalue weighted by Crippen LogP contribution is -2.41. The number of rotatable bonds is 6. The van der Waals surface area contributed by atoms with Gasteiger partial charge in [0, 0.05) is 18.0 Å². The lowest BCUT2D eigenvalue weighted by Gasteiger charge is -2.15. The molecule has 110 valence electrons. The number of aromatic nitrogens is 1. The molecule has 0 aliphatic carbocycles. The number of carbonyl (C=O) groups excluding carboxylic acids is 1. The molecule has 0 saturated carbocycles. The summed E-state index contributed by atoms with van der Waals surface area (Å²) in [6, 6.07) is -0.410. The van der Waals surface area contributed by atoms with Gasteiger partial charge < -0.3 is 15.6 Å². The lowest BCUT2D eigenvalue weighted by molar-refractivity contribution is -0.122. The molecular weight excluding hydrogens is 266 g/mol. The van der Waals surface area contributed by atoms with E-state index in [1.807, 2.05) is 27.7 Å². The van der Waals surface area contributed by atoms with Crippen LogP contribution < -0.4 is 11.1 Å². The zero-order chi connectivity index (χ0) is 13.7. The molecule has 1 aromatic rings. The summed E-state index contributed by atoms with van der Waals surface area (Å²) < 4.78 is 5.12. The normalized spacial score (nSPS) is 13.5. The molecule has 0 aromatic carbocycles. The molecule has 0 aliphatic heterocycles. The van der Waals surface area contributed by atoms with Crippen molar-refractivity contribution in [2.24, 2.45) is 5.73 Å². The molecule has 0 aliphatic rings. The van der Waals surface area contributed by atoms with Crippen molar-refractivity contribution in [3.63, 3.8) is 0 Å². The topological polar surface area (TPSA) is 81.2 Å². The zero-order valence-corrected chi connectivity index (χ0v) is 12.8. The second-order valence-electron chi connectivity index (χ2n) is 4.78. The second kappa shape index (κ2) is 8.17. The van der Waals surface area contributed by atoms with Gasteiger partial charge in [-0.2, -0.15) is 0 Å². The van der Waals surface area contributed by atoms with E-state index >= 15 is 0 Å². The smallest absolute Gasteiger partial charge is 0.236 e. The van der Waals surface area contributed by atoms with Gasteiger partial charge in [0.25, 0.3) is 0 Å². The highest BCUT2D eigenvalue weighted by atomic mass is 35.5. The van der Waals surface area contributed by atoms with E-state index in [1.54, 1.807) is 0 Å². The monoisotopic (exact) mass is 289 g/mol. The fourth-order valence-corrected chi connectivity index (χ4v) is 2.12. The predicted molar refractivity (Wildman–Crippen MR) is 77.5 cm³/mol. The molecule has 2 unspecified atom stereocenters. The number of hydrogen-bond donors (Lipinski definition) is 2. The summed E-state index contributed by atoms with van der Waals surface area (Å²) >= 11 is 0. The summed E-state index contributed by atoms with van der Waals surface area (Å²) in [5.41, 5.74) is 7.70. The highest BCUT2D eigenvalue weighted by Crippen LogP contribution is 2.22. The molecule has 0 spiro atoms. The van der Waals surface area contributed by atoms with Gasteiger partial charge in [-0.1, -0.05) is 25.4 Å². The van der Waals surface area contributed by atoms with Gasteiger partial charge in [0.1, 0.15) is 5.76 Å². The summed E-state index contributed by atoms with van der Waals surface area (Å²) in [5.74, 6) is 0.900. The molecule has 19 heavy (non-hydrogen) atoms. The van der Waals surface area contributed by atoms with Crippen LogP contribution >= 0.6 is 12.4 Å². The van der Waals surface area contributed by atoms with Gasteiger partial charge in [-0.05, 0) is 20.3 Å². The molecule has 6 heteroatoms. The van der Waals surface area contributed by atoms with Crippen molar-refractivity contribution in [2.45, 2.75) is 52.5 Å². The summed E-state index contributed by atoms with van der Waals surface area (Å²) in [5, 5.41) is 6.79. The highest BCUT2D eigenvalue weighted by Gasteiger charge is 2.18. The van der Waals surface area contributed by atoms with Crippen molar-refractivity contribution in [1.29, 1.82) is 0 Å². The molecule has 1 amide bonds. The Labute approximate surface area is 120 Å². The van der Waals surface area contributed by atoms with Crippen LogP contribution in [0.25, 0.3) is 0 Å². The first-order chi connectivity index (χ1) is 8.47. The van der Waals surface area contributed by atoms with Gasteiger partial charge in [-0.3, -0.25) is 4.79 Å². The number of carbonyl (C=O) groups is 1. The average Bonchev–Trinajstić information content (AvgIpc) is 2.66.